The van der Waals surface area contributed by atoms with Gasteiger partial charge in [-0.05, 0) is 6.42 Å². The Balaban J connectivity index is 0.000000409. The van der Waals surface area contributed by atoms with Gasteiger partial charge in [0.25, 0.3) is 5.82 Å². The third-order valence-electron chi connectivity index (χ3n) is 2.83. The van der Waals surface area contributed by atoms with Crippen LogP contribution in [0, 0.1) is 0 Å². The highest BCUT2D eigenvalue weighted by Gasteiger charge is 2.48. The van der Waals surface area contributed by atoms with Crippen molar-refractivity contribution in [2.75, 3.05) is 0 Å². The van der Waals surface area contributed by atoms with E-state index in [9.17, 15) is 30.5 Å². The first-order valence-electron chi connectivity index (χ1n) is 6.67. The van der Waals surface area contributed by atoms with E-state index in [4.69, 9.17) is 0 Å². The van der Waals surface area contributed by atoms with E-state index in [-0.39, 0.29) is 0 Å². The molecule has 1 N–H and O–H groups in total. The van der Waals surface area contributed by atoms with Crippen molar-refractivity contribution in [3.05, 3.63) is 18.2 Å². The maximum atomic E-state index is 11.4. The van der Waals surface area contributed by atoms with Crippen LogP contribution in [0.4, 0.5) is 17.6 Å². The highest BCUT2D eigenvalue weighted by atomic mass is 32.2. The van der Waals surface area contributed by atoms with Gasteiger partial charge in [-0.2, -0.15) is 8.78 Å². The molecular formula is C12H20F4N2O3S. The number of H-pyrrole nitrogens is 1. The van der Waals surface area contributed by atoms with Gasteiger partial charge in [-0.25, -0.2) is 26.7 Å². The molecule has 0 saturated carbocycles. The lowest BCUT2D eigenvalue weighted by Crippen LogP contribution is -2.36. The fraction of sp³-hybridized carbons (Fsp3) is 0.750. The van der Waals surface area contributed by atoms with Gasteiger partial charge in [-0.3, -0.25) is 0 Å². The molecule has 0 amide bonds. The summed E-state index contributed by atoms with van der Waals surface area (Å²) in [6.45, 7) is 2.24. The van der Waals surface area contributed by atoms with E-state index >= 15 is 0 Å². The molecule has 0 saturated heterocycles. The minimum Gasteiger partial charge on any atom is -0.743 e. The smallest absolute Gasteiger partial charge is 0.393 e. The second kappa shape index (κ2) is 9.09. The quantitative estimate of drug-likeness (QED) is 0.356. The number of halogens is 4. The van der Waals surface area contributed by atoms with Crippen LogP contribution in [0.15, 0.2) is 12.4 Å². The lowest BCUT2D eigenvalue weighted by atomic mass is 10.1. The summed E-state index contributed by atoms with van der Waals surface area (Å²) in [4.78, 5) is 3.25. The molecule has 130 valence electrons. The average Bonchev–Trinajstić information content (AvgIpc) is 2.80. The van der Waals surface area contributed by atoms with Crippen LogP contribution in [0.1, 0.15) is 38.4 Å². The van der Waals surface area contributed by atoms with E-state index in [1.807, 2.05) is 6.20 Å². The van der Waals surface area contributed by atoms with E-state index in [0.717, 1.165) is 0 Å². The number of alkyl halides is 4. The fourth-order valence-electron chi connectivity index (χ4n) is 1.51. The second-order valence-electron chi connectivity index (χ2n) is 4.64. The maximum Gasteiger partial charge on any atom is 0.393 e. The van der Waals surface area contributed by atoms with Crippen LogP contribution in [-0.4, -0.2) is 29.6 Å². The van der Waals surface area contributed by atoms with Crippen LogP contribution in [-0.2, 0) is 23.6 Å². The Kier molecular flexibility index (Phi) is 8.61. The first-order chi connectivity index (χ1) is 10.0. The van der Waals surface area contributed by atoms with Gasteiger partial charge in [0.1, 0.15) is 12.4 Å². The van der Waals surface area contributed by atoms with Crippen molar-refractivity contribution in [2.24, 2.45) is 7.05 Å². The molecule has 0 bridgehead atoms. The van der Waals surface area contributed by atoms with Gasteiger partial charge >= 0.3 is 11.7 Å². The second-order valence-corrected chi connectivity index (χ2v) is 6.10. The van der Waals surface area contributed by atoms with Crippen LogP contribution in [0.25, 0.3) is 0 Å². The molecule has 1 aromatic rings. The highest BCUT2D eigenvalue weighted by molar-refractivity contribution is 7.86. The summed E-state index contributed by atoms with van der Waals surface area (Å²) in [5.74, 6) is 1.34. The van der Waals surface area contributed by atoms with E-state index in [1.165, 1.54) is 37.9 Å². The molecule has 0 fully saturated rings. The molecular weight excluding hydrogens is 328 g/mol. The molecule has 1 rings (SSSR count). The lowest BCUT2D eigenvalue weighted by molar-refractivity contribution is -0.677. The van der Waals surface area contributed by atoms with Crippen molar-refractivity contribution >= 4 is 10.1 Å². The number of nitrogens with one attached hydrogen (secondary N) is 1. The zero-order valence-corrected chi connectivity index (χ0v) is 13.2. The Labute approximate surface area is 127 Å². The first-order valence-corrected chi connectivity index (χ1v) is 8.08. The number of rotatable bonds is 7. The monoisotopic (exact) mass is 348 g/mol. The summed E-state index contributed by atoms with van der Waals surface area (Å²) in [5.41, 5.74) is 0. The Morgan fingerprint density at radius 1 is 1.32 bits per heavy atom. The van der Waals surface area contributed by atoms with Gasteiger partial charge in [-0.1, -0.05) is 26.2 Å². The normalized spacial score (nSPS) is 12.2. The summed E-state index contributed by atoms with van der Waals surface area (Å²) in [6.07, 6.45) is 6.11. The molecule has 10 heteroatoms. The maximum absolute atomic E-state index is 11.4. The van der Waals surface area contributed by atoms with Crippen LogP contribution in [0.3, 0.4) is 0 Å². The molecule has 1 aromatic heterocycles. The van der Waals surface area contributed by atoms with Crippen LogP contribution < -0.4 is 4.57 Å². The van der Waals surface area contributed by atoms with E-state index in [0.29, 0.717) is 0 Å². The van der Waals surface area contributed by atoms with E-state index < -0.39 is 21.8 Å². The Morgan fingerprint density at radius 3 is 2.23 bits per heavy atom. The van der Waals surface area contributed by atoms with Crippen molar-refractivity contribution in [3.8, 4) is 0 Å². The summed E-state index contributed by atoms with van der Waals surface area (Å²) in [7, 11) is -4.15. The Hall–Kier alpha value is -1.16. The number of hydrogen-bond donors (Lipinski definition) is 1. The number of unbranched alkanes of at least 4 members (excludes halogenated alkanes) is 3. The van der Waals surface area contributed by atoms with Crippen LogP contribution >= 0.6 is 0 Å². The lowest BCUT2D eigenvalue weighted by Gasteiger charge is -2.17. The number of hydrogen-bond acceptors (Lipinski definition) is 3. The number of imidazole rings is 1. The van der Waals surface area contributed by atoms with Gasteiger partial charge < -0.3 is 4.55 Å². The molecule has 1 heterocycles. The van der Waals surface area contributed by atoms with Gasteiger partial charge in [0.2, 0.25) is 0 Å². The van der Waals surface area contributed by atoms with E-state index in [1.54, 1.807) is 0 Å². The van der Waals surface area contributed by atoms with Gasteiger partial charge in [0.15, 0.2) is 10.1 Å². The minimum absolute atomic E-state index is 1.18. The highest BCUT2D eigenvalue weighted by Crippen LogP contribution is 2.27. The molecule has 0 atom stereocenters. The number of aromatic amines is 1. The SMILES string of the molecule is CCCCCCc1[nH]cc[n+]1C.O=S(=O)([O-])C(F)(F)C(F)F. The van der Waals surface area contributed by atoms with Crippen molar-refractivity contribution in [1.29, 1.82) is 0 Å². The molecule has 0 aliphatic heterocycles. The van der Waals surface area contributed by atoms with Crippen molar-refractivity contribution in [1.82, 2.24) is 4.98 Å². The Morgan fingerprint density at radius 2 is 1.91 bits per heavy atom. The average molecular weight is 348 g/mol. The topological polar surface area (TPSA) is 76.9 Å². The van der Waals surface area contributed by atoms with Gasteiger partial charge in [0.05, 0.1) is 7.05 Å². The number of aromatic nitrogens is 2. The van der Waals surface area contributed by atoms with Crippen LogP contribution in [0.2, 0.25) is 0 Å². The molecule has 0 aliphatic rings. The number of nitrogens with zero attached hydrogens (tertiary/aromatic N) is 1. The largest absolute Gasteiger partial charge is 0.743 e. The molecule has 0 spiro atoms. The predicted molar refractivity (Wildman–Crippen MR) is 70.5 cm³/mol. The molecule has 5 nitrogen and oxygen atoms in total. The van der Waals surface area contributed by atoms with Gasteiger partial charge in [0, 0.05) is 6.42 Å². The molecule has 0 aliphatic carbocycles. The summed E-state index contributed by atoms with van der Waals surface area (Å²) >= 11 is 0. The van der Waals surface area contributed by atoms with Crippen LogP contribution in [0.5, 0.6) is 0 Å². The fourth-order valence-corrected chi connectivity index (χ4v) is 1.73. The third kappa shape index (κ3) is 6.73. The zero-order chi connectivity index (χ0) is 17.4. The number of aryl methyl sites for hydroxylation is 2. The zero-order valence-electron chi connectivity index (χ0n) is 12.4. The first kappa shape index (κ1) is 20.8. The molecule has 0 unspecified atom stereocenters. The third-order valence-corrected chi connectivity index (χ3v) is 3.67. The molecule has 0 aromatic carbocycles. The molecule has 22 heavy (non-hydrogen) atoms. The Bertz CT molecular complexity index is 532. The van der Waals surface area contributed by atoms with Crippen molar-refractivity contribution < 1.29 is 35.1 Å². The summed E-state index contributed by atoms with van der Waals surface area (Å²) < 4.78 is 74.8. The van der Waals surface area contributed by atoms with Gasteiger partial charge in [-0.15, -0.1) is 0 Å². The van der Waals surface area contributed by atoms with E-state index in [2.05, 4.69) is 29.7 Å². The predicted octanol–water partition coefficient (Wildman–Crippen LogP) is 2.35. The van der Waals surface area contributed by atoms with Crippen molar-refractivity contribution in [3.63, 3.8) is 0 Å². The standard InChI is InChI=1S/C10H18N2.C2H2F4O3S/c1-3-4-5-6-7-10-11-8-9-12(10)2;3-1(4)2(5,6)10(7,8)9/h8-9H,3-7H2,1-2H3;1H,(H,7,8,9). The molecule has 0 radical (unpaired) electrons. The summed E-state index contributed by atoms with van der Waals surface area (Å²) in [6, 6.07) is 0. The van der Waals surface area contributed by atoms with Crippen molar-refractivity contribution in [2.45, 2.75) is 50.7 Å². The summed E-state index contributed by atoms with van der Waals surface area (Å²) in [5, 5.41) is -5.48. The minimum atomic E-state index is -6.23.